The van der Waals surface area contributed by atoms with Crippen LogP contribution in [0.2, 0.25) is 0 Å². The van der Waals surface area contributed by atoms with Crippen LogP contribution in [0.5, 0.6) is 0 Å². The first-order valence-corrected chi connectivity index (χ1v) is 9.98. The van der Waals surface area contributed by atoms with Crippen LogP contribution in [0, 0.1) is 16.7 Å². The van der Waals surface area contributed by atoms with E-state index >= 15 is 0 Å². The van der Waals surface area contributed by atoms with Gasteiger partial charge < -0.3 is 9.84 Å². The summed E-state index contributed by atoms with van der Waals surface area (Å²) >= 11 is 0. The van der Waals surface area contributed by atoms with E-state index in [1.165, 1.54) is 12.2 Å². The molecule has 5 nitrogen and oxygen atoms in total. The molecule has 1 aromatic rings. The smallest absolute Gasteiger partial charge is 0.331 e. The number of carbonyl (C=O) groups excluding carboxylic acids is 3. The van der Waals surface area contributed by atoms with Crippen molar-refractivity contribution in [3.8, 4) is 0 Å². The molecule has 0 bridgehead atoms. The minimum Gasteiger partial charge on any atom is -0.455 e. The van der Waals surface area contributed by atoms with Crippen molar-refractivity contribution in [2.45, 2.75) is 51.7 Å². The van der Waals surface area contributed by atoms with Gasteiger partial charge in [-0.15, -0.1) is 0 Å². The molecule has 29 heavy (non-hydrogen) atoms. The Bertz CT molecular complexity index is 853. The molecule has 0 saturated heterocycles. The second-order valence-electron chi connectivity index (χ2n) is 9.01. The van der Waals surface area contributed by atoms with Crippen molar-refractivity contribution in [1.82, 2.24) is 0 Å². The van der Waals surface area contributed by atoms with Gasteiger partial charge in [0, 0.05) is 23.0 Å². The number of rotatable bonds is 5. The monoisotopic (exact) mass is 396 g/mol. The van der Waals surface area contributed by atoms with Crippen LogP contribution in [0.4, 0.5) is 0 Å². The maximum atomic E-state index is 12.5. The van der Waals surface area contributed by atoms with E-state index in [1.807, 2.05) is 37.3 Å². The minimum atomic E-state index is -1.89. The number of ether oxygens (including phenoxy) is 1. The van der Waals surface area contributed by atoms with Crippen LogP contribution in [0.1, 0.15) is 45.6 Å². The number of aliphatic hydroxyl groups is 1. The van der Waals surface area contributed by atoms with Crippen LogP contribution in [-0.2, 0) is 19.1 Å². The Morgan fingerprint density at radius 3 is 2.45 bits per heavy atom. The third-order valence-electron chi connectivity index (χ3n) is 6.79. The fourth-order valence-electron chi connectivity index (χ4n) is 5.39. The first-order chi connectivity index (χ1) is 13.7. The summed E-state index contributed by atoms with van der Waals surface area (Å²) in [7, 11) is 0. The van der Waals surface area contributed by atoms with Gasteiger partial charge >= 0.3 is 5.97 Å². The minimum absolute atomic E-state index is 0.0335. The highest BCUT2D eigenvalue weighted by Gasteiger charge is 2.64. The highest BCUT2D eigenvalue weighted by Crippen LogP contribution is 2.60. The molecule has 1 aromatic carbocycles. The third kappa shape index (κ3) is 3.60. The van der Waals surface area contributed by atoms with E-state index in [9.17, 15) is 19.5 Å². The zero-order valence-electron chi connectivity index (χ0n) is 17.1. The van der Waals surface area contributed by atoms with Crippen molar-refractivity contribution >= 4 is 24.6 Å². The molecule has 1 fully saturated rings. The summed E-state index contributed by atoms with van der Waals surface area (Å²) < 4.78 is 5.77. The third-order valence-corrected chi connectivity index (χ3v) is 6.79. The number of carbonyl (C=O) groups is 3. The largest absolute Gasteiger partial charge is 0.455 e. The highest BCUT2D eigenvalue weighted by atomic mass is 16.5. The van der Waals surface area contributed by atoms with Gasteiger partial charge in [0.25, 0.3) is 0 Å². The van der Waals surface area contributed by atoms with E-state index in [1.54, 1.807) is 6.08 Å². The van der Waals surface area contributed by atoms with Gasteiger partial charge in [-0.25, -0.2) is 4.79 Å². The van der Waals surface area contributed by atoms with E-state index in [4.69, 9.17) is 4.74 Å². The molecule has 2 aliphatic carbocycles. The summed E-state index contributed by atoms with van der Waals surface area (Å²) in [4.78, 5) is 36.2. The molecule has 5 heteroatoms. The first-order valence-electron chi connectivity index (χ1n) is 9.98. The Labute approximate surface area is 171 Å². The van der Waals surface area contributed by atoms with Gasteiger partial charge in [-0.1, -0.05) is 57.5 Å². The van der Waals surface area contributed by atoms with E-state index in [0.29, 0.717) is 19.0 Å². The fraction of sp³-hybridized carbons (Fsp3) is 0.458. The summed E-state index contributed by atoms with van der Waals surface area (Å²) in [6, 6.07) is 9.40. The predicted octanol–water partition coefficient (Wildman–Crippen LogP) is 3.51. The van der Waals surface area contributed by atoms with E-state index in [2.05, 4.69) is 13.8 Å². The molecule has 0 spiro atoms. The second kappa shape index (κ2) is 7.71. The zero-order chi connectivity index (χ0) is 21.3. The average molecular weight is 396 g/mol. The van der Waals surface area contributed by atoms with Gasteiger partial charge in [0.1, 0.15) is 12.4 Å². The van der Waals surface area contributed by atoms with Crippen molar-refractivity contribution in [3.63, 3.8) is 0 Å². The van der Waals surface area contributed by atoms with Crippen molar-refractivity contribution in [1.29, 1.82) is 0 Å². The normalized spacial score (nSPS) is 33.4. The molecule has 4 atom stereocenters. The summed E-state index contributed by atoms with van der Waals surface area (Å²) in [6.45, 7) is 5.94. The van der Waals surface area contributed by atoms with Gasteiger partial charge in [0.15, 0.2) is 11.9 Å². The molecular weight excluding hydrogens is 368 g/mol. The molecule has 1 saturated carbocycles. The molecule has 0 aliphatic heterocycles. The Hall–Kier alpha value is -2.53. The van der Waals surface area contributed by atoms with Crippen LogP contribution >= 0.6 is 0 Å². The average Bonchev–Trinajstić information content (AvgIpc) is 2.69. The van der Waals surface area contributed by atoms with Crippen molar-refractivity contribution in [2.75, 3.05) is 0 Å². The summed E-state index contributed by atoms with van der Waals surface area (Å²) in [5.41, 5.74) is -2.25. The molecule has 154 valence electrons. The SMILES string of the molecule is CC1(C)CCC[C@@]2(C)[C@H]1[C@H](OC(=O)/C=C/c1ccccc1)C=C(C=O)[C@]2(O)C=O. The van der Waals surface area contributed by atoms with Crippen LogP contribution in [0.3, 0.4) is 0 Å². The lowest BCUT2D eigenvalue weighted by Gasteiger charge is -2.59. The number of aldehydes is 2. The number of hydrogen-bond donors (Lipinski definition) is 1. The Kier molecular flexibility index (Phi) is 5.63. The fourth-order valence-corrected chi connectivity index (χ4v) is 5.39. The standard InChI is InChI=1S/C24H28O5/c1-22(2)12-7-13-23(3)21(22)19(14-18(15-25)24(23,28)16-26)29-20(27)11-10-17-8-5-4-6-9-17/h4-6,8-11,14-16,19,21,28H,7,12-13H2,1-3H3/b11-10+/t19-,21+,23+,24-/m1/s1. The Balaban J connectivity index is 1.97. The van der Waals surface area contributed by atoms with Gasteiger partial charge in [-0.3, -0.25) is 9.59 Å². The van der Waals surface area contributed by atoms with Crippen LogP contribution in [-0.4, -0.2) is 35.4 Å². The number of benzene rings is 1. The molecular formula is C24H28O5. The molecule has 0 radical (unpaired) electrons. The number of esters is 1. The Morgan fingerprint density at radius 1 is 1.14 bits per heavy atom. The van der Waals surface area contributed by atoms with Crippen LogP contribution < -0.4 is 0 Å². The highest BCUT2D eigenvalue weighted by molar-refractivity contribution is 5.89. The van der Waals surface area contributed by atoms with Crippen LogP contribution in [0.15, 0.2) is 48.1 Å². The lowest BCUT2D eigenvalue weighted by atomic mass is 9.46. The molecule has 0 unspecified atom stereocenters. The quantitative estimate of drug-likeness (QED) is 0.468. The van der Waals surface area contributed by atoms with Gasteiger partial charge in [-0.2, -0.15) is 0 Å². The van der Waals surface area contributed by atoms with Gasteiger partial charge in [-0.05, 0) is 36.0 Å². The maximum absolute atomic E-state index is 12.5. The Morgan fingerprint density at radius 2 is 1.83 bits per heavy atom. The molecule has 0 aromatic heterocycles. The van der Waals surface area contributed by atoms with E-state index < -0.39 is 23.1 Å². The summed E-state index contributed by atoms with van der Waals surface area (Å²) in [5.74, 6) is -0.836. The zero-order valence-corrected chi connectivity index (χ0v) is 17.1. The molecule has 3 rings (SSSR count). The van der Waals surface area contributed by atoms with E-state index in [-0.39, 0.29) is 16.9 Å². The second-order valence-corrected chi connectivity index (χ2v) is 9.01. The van der Waals surface area contributed by atoms with E-state index in [0.717, 1.165) is 18.4 Å². The molecule has 1 N–H and O–H groups in total. The maximum Gasteiger partial charge on any atom is 0.331 e. The first kappa shape index (κ1) is 21.2. The lowest BCUT2D eigenvalue weighted by molar-refractivity contribution is -0.184. The topological polar surface area (TPSA) is 80.7 Å². The molecule has 2 aliphatic rings. The van der Waals surface area contributed by atoms with Crippen molar-refractivity contribution in [2.24, 2.45) is 16.7 Å². The van der Waals surface area contributed by atoms with Crippen molar-refractivity contribution < 1.29 is 24.2 Å². The number of hydrogen-bond acceptors (Lipinski definition) is 5. The van der Waals surface area contributed by atoms with Crippen molar-refractivity contribution in [3.05, 3.63) is 53.6 Å². The summed E-state index contributed by atoms with van der Waals surface area (Å²) in [6.07, 6.45) is 7.00. The molecule has 0 heterocycles. The van der Waals surface area contributed by atoms with Crippen LogP contribution in [0.25, 0.3) is 6.08 Å². The predicted molar refractivity (Wildman–Crippen MR) is 110 cm³/mol. The summed E-state index contributed by atoms with van der Waals surface area (Å²) in [5, 5.41) is 11.2. The van der Waals surface area contributed by atoms with Gasteiger partial charge in [0.2, 0.25) is 0 Å². The van der Waals surface area contributed by atoms with Gasteiger partial charge in [0.05, 0.1) is 0 Å². The molecule has 0 amide bonds. The lowest BCUT2D eigenvalue weighted by Crippen LogP contribution is -2.64. The number of fused-ring (bicyclic) bond motifs is 1.